The first-order chi connectivity index (χ1) is 6.16. The van der Waals surface area contributed by atoms with Gasteiger partial charge in [0.1, 0.15) is 5.75 Å². The highest BCUT2D eigenvalue weighted by Gasteiger charge is 2.09. The Labute approximate surface area is 79.4 Å². The number of phenolic OH excluding ortho intramolecular Hbond substituents is 1. The molecule has 13 heavy (non-hydrogen) atoms. The van der Waals surface area contributed by atoms with Crippen LogP contribution in [0.2, 0.25) is 0 Å². The lowest BCUT2D eigenvalue weighted by atomic mass is 9.93. The predicted octanol–water partition coefficient (Wildman–Crippen LogP) is 2.15. The highest BCUT2D eigenvalue weighted by molar-refractivity contribution is 5.39. The molecule has 1 rings (SSSR count). The summed E-state index contributed by atoms with van der Waals surface area (Å²) in [5.74, 6) is 0.804. The number of nitrogens with two attached hydrogens (primary N) is 1. The van der Waals surface area contributed by atoms with E-state index < -0.39 is 0 Å². The zero-order valence-corrected chi connectivity index (χ0v) is 8.25. The minimum Gasteiger partial charge on any atom is -0.508 e. The quantitative estimate of drug-likeness (QED) is 0.746. The number of benzene rings is 1. The Morgan fingerprint density at radius 1 is 1.46 bits per heavy atom. The molecule has 0 fully saturated rings. The summed E-state index contributed by atoms with van der Waals surface area (Å²) in [6.07, 6.45) is 0.963. The lowest BCUT2D eigenvalue weighted by Gasteiger charge is -2.14. The van der Waals surface area contributed by atoms with Crippen molar-refractivity contribution in [3.8, 4) is 5.75 Å². The summed E-state index contributed by atoms with van der Waals surface area (Å²) in [6, 6.07) is 5.65. The molecule has 2 heteroatoms. The van der Waals surface area contributed by atoms with Crippen LogP contribution in [0.4, 0.5) is 0 Å². The SMILES string of the molecule is Cc1c(O)cccc1C(C)CCN. The smallest absolute Gasteiger partial charge is 0.118 e. The van der Waals surface area contributed by atoms with Gasteiger partial charge in [-0.3, -0.25) is 0 Å². The average Bonchev–Trinajstić information content (AvgIpc) is 2.10. The maximum atomic E-state index is 9.49. The molecule has 0 aliphatic rings. The molecule has 1 aromatic rings. The summed E-state index contributed by atoms with van der Waals surface area (Å²) in [7, 11) is 0. The standard InChI is InChI=1S/C11H17NO/c1-8(6-7-12)10-4-3-5-11(13)9(10)2/h3-5,8,13H,6-7,12H2,1-2H3. The van der Waals surface area contributed by atoms with Gasteiger partial charge in [0.05, 0.1) is 0 Å². The van der Waals surface area contributed by atoms with Crippen LogP contribution in [0.1, 0.15) is 30.4 Å². The Balaban J connectivity index is 2.93. The second kappa shape index (κ2) is 4.28. The predicted molar refractivity (Wildman–Crippen MR) is 54.9 cm³/mol. The van der Waals surface area contributed by atoms with E-state index in [0.717, 1.165) is 12.0 Å². The third-order valence-electron chi connectivity index (χ3n) is 2.48. The van der Waals surface area contributed by atoms with Gasteiger partial charge in [-0.2, -0.15) is 0 Å². The summed E-state index contributed by atoms with van der Waals surface area (Å²) < 4.78 is 0. The highest BCUT2D eigenvalue weighted by atomic mass is 16.3. The minimum absolute atomic E-state index is 0.376. The molecule has 0 amide bonds. The van der Waals surface area contributed by atoms with E-state index in [1.165, 1.54) is 5.56 Å². The molecule has 2 nitrogen and oxygen atoms in total. The Kier molecular flexibility index (Phi) is 3.32. The zero-order valence-electron chi connectivity index (χ0n) is 8.25. The van der Waals surface area contributed by atoms with Crippen molar-refractivity contribution >= 4 is 0 Å². The van der Waals surface area contributed by atoms with Gasteiger partial charge < -0.3 is 10.8 Å². The van der Waals surface area contributed by atoms with Crippen molar-refractivity contribution in [2.75, 3.05) is 6.54 Å². The van der Waals surface area contributed by atoms with E-state index in [1.807, 2.05) is 13.0 Å². The third kappa shape index (κ3) is 2.22. The van der Waals surface area contributed by atoms with E-state index in [9.17, 15) is 5.11 Å². The number of aromatic hydroxyl groups is 1. The lowest BCUT2D eigenvalue weighted by Crippen LogP contribution is -2.05. The van der Waals surface area contributed by atoms with Gasteiger partial charge >= 0.3 is 0 Å². The summed E-state index contributed by atoms with van der Waals surface area (Å²) in [5.41, 5.74) is 7.67. The van der Waals surface area contributed by atoms with E-state index in [2.05, 4.69) is 13.0 Å². The van der Waals surface area contributed by atoms with Crippen molar-refractivity contribution in [2.45, 2.75) is 26.2 Å². The Hall–Kier alpha value is -1.02. The summed E-state index contributed by atoms with van der Waals surface area (Å²) in [6.45, 7) is 4.77. The maximum Gasteiger partial charge on any atom is 0.118 e. The minimum atomic E-state index is 0.376. The molecule has 0 saturated carbocycles. The van der Waals surface area contributed by atoms with Gasteiger partial charge in [-0.15, -0.1) is 0 Å². The average molecular weight is 179 g/mol. The molecule has 1 unspecified atom stereocenters. The summed E-state index contributed by atoms with van der Waals surface area (Å²) >= 11 is 0. The Morgan fingerprint density at radius 3 is 2.77 bits per heavy atom. The van der Waals surface area contributed by atoms with Gasteiger partial charge in [-0.05, 0) is 43.0 Å². The molecule has 1 aromatic carbocycles. The van der Waals surface area contributed by atoms with Crippen molar-refractivity contribution in [2.24, 2.45) is 5.73 Å². The molecule has 0 bridgehead atoms. The third-order valence-corrected chi connectivity index (χ3v) is 2.48. The molecule has 3 N–H and O–H groups in total. The fourth-order valence-electron chi connectivity index (χ4n) is 1.58. The number of rotatable bonds is 3. The van der Waals surface area contributed by atoms with E-state index in [4.69, 9.17) is 5.73 Å². The monoisotopic (exact) mass is 179 g/mol. The molecule has 72 valence electrons. The van der Waals surface area contributed by atoms with Crippen LogP contribution in [0.15, 0.2) is 18.2 Å². The first-order valence-electron chi connectivity index (χ1n) is 4.65. The molecule has 0 heterocycles. The van der Waals surface area contributed by atoms with Crippen LogP contribution < -0.4 is 5.73 Å². The molecule has 0 radical (unpaired) electrons. The van der Waals surface area contributed by atoms with Crippen molar-refractivity contribution in [1.82, 2.24) is 0 Å². The maximum absolute atomic E-state index is 9.49. The second-order valence-corrected chi connectivity index (χ2v) is 3.47. The van der Waals surface area contributed by atoms with Crippen LogP contribution in [-0.2, 0) is 0 Å². The van der Waals surface area contributed by atoms with Gasteiger partial charge in [0, 0.05) is 0 Å². The van der Waals surface area contributed by atoms with Crippen LogP contribution in [0.5, 0.6) is 5.75 Å². The topological polar surface area (TPSA) is 46.2 Å². The van der Waals surface area contributed by atoms with E-state index in [-0.39, 0.29) is 0 Å². The Bertz CT molecular complexity index is 283. The van der Waals surface area contributed by atoms with Gasteiger partial charge in [0.2, 0.25) is 0 Å². The molecular weight excluding hydrogens is 162 g/mol. The van der Waals surface area contributed by atoms with Crippen LogP contribution in [0.25, 0.3) is 0 Å². The number of phenols is 1. The largest absolute Gasteiger partial charge is 0.508 e. The normalized spacial score (nSPS) is 12.8. The van der Waals surface area contributed by atoms with E-state index in [1.54, 1.807) is 6.07 Å². The first-order valence-corrected chi connectivity index (χ1v) is 4.65. The molecule has 0 spiro atoms. The van der Waals surface area contributed by atoms with E-state index in [0.29, 0.717) is 18.2 Å². The van der Waals surface area contributed by atoms with Crippen LogP contribution >= 0.6 is 0 Å². The van der Waals surface area contributed by atoms with Crippen molar-refractivity contribution in [3.05, 3.63) is 29.3 Å². The fraction of sp³-hybridized carbons (Fsp3) is 0.455. The number of hydrogen-bond acceptors (Lipinski definition) is 2. The first kappa shape index (κ1) is 10.1. The van der Waals surface area contributed by atoms with Crippen LogP contribution in [0, 0.1) is 6.92 Å². The summed E-state index contributed by atoms with van der Waals surface area (Å²) in [5, 5.41) is 9.49. The molecule has 0 aliphatic carbocycles. The Morgan fingerprint density at radius 2 is 2.15 bits per heavy atom. The van der Waals surface area contributed by atoms with Gasteiger partial charge in [0.15, 0.2) is 0 Å². The highest BCUT2D eigenvalue weighted by Crippen LogP contribution is 2.27. The van der Waals surface area contributed by atoms with Crippen molar-refractivity contribution < 1.29 is 5.11 Å². The van der Waals surface area contributed by atoms with Crippen molar-refractivity contribution in [1.29, 1.82) is 0 Å². The summed E-state index contributed by atoms with van der Waals surface area (Å²) in [4.78, 5) is 0. The van der Waals surface area contributed by atoms with Crippen LogP contribution in [0.3, 0.4) is 0 Å². The lowest BCUT2D eigenvalue weighted by molar-refractivity contribution is 0.469. The molecule has 0 aliphatic heterocycles. The number of hydrogen-bond donors (Lipinski definition) is 2. The van der Waals surface area contributed by atoms with Gasteiger partial charge in [0.25, 0.3) is 0 Å². The molecule has 0 aromatic heterocycles. The zero-order chi connectivity index (χ0) is 9.84. The second-order valence-electron chi connectivity index (χ2n) is 3.47. The van der Waals surface area contributed by atoms with Gasteiger partial charge in [-0.1, -0.05) is 19.1 Å². The molecule has 1 atom stereocenters. The molecule has 0 saturated heterocycles. The van der Waals surface area contributed by atoms with Crippen LogP contribution in [-0.4, -0.2) is 11.7 Å². The van der Waals surface area contributed by atoms with Gasteiger partial charge in [-0.25, -0.2) is 0 Å². The van der Waals surface area contributed by atoms with Crippen molar-refractivity contribution in [3.63, 3.8) is 0 Å². The molecular formula is C11H17NO. The fourth-order valence-corrected chi connectivity index (χ4v) is 1.58. The van der Waals surface area contributed by atoms with E-state index >= 15 is 0 Å².